The molecular formula is C12H13NO2. The fourth-order valence-corrected chi connectivity index (χ4v) is 1.91. The Labute approximate surface area is 88.7 Å². The molecule has 0 aliphatic carbocycles. The van der Waals surface area contributed by atoms with Crippen LogP contribution in [0.3, 0.4) is 0 Å². The lowest BCUT2D eigenvalue weighted by molar-refractivity contribution is -0.118. The quantitative estimate of drug-likeness (QED) is 0.653. The number of carbonyl (C=O) groups is 2. The van der Waals surface area contributed by atoms with Gasteiger partial charge in [-0.1, -0.05) is 12.1 Å². The molecule has 0 aromatic heterocycles. The summed E-state index contributed by atoms with van der Waals surface area (Å²) < 4.78 is 0. The van der Waals surface area contributed by atoms with E-state index in [-0.39, 0.29) is 5.91 Å². The summed E-state index contributed by atoms with van der Waals surface area (Å²) in [6, 6.07) is 5.52. The second-order valence-corrected chi connectivity index (χ2v) is 3.81. The monoisotopic (exact) mass is 203 g/mol. The molecular weight excluding hydrogens is 190 g/mol. The molecule has 1 aromatic carbocycles. The molecule has 1 aliphatic rings. The van der Waals surface area contributed by atoms with Gasteiger partial charge in [-0.05, 0) is 24.5 Å². The van der Waals surface area contributed by atoms with Gasteiger partial charge in [-0.3, -0.25) is 9.59 Å². The van der Waals surface area contributed by atoms with Crippen LogP contribution < -0.4 is 4.90 Å². The molecule has 15 heavy (non-hydrogen) atoms. The number of anilines is 1. The summed E-state index contributed by atoms with van der Waals surface area (Å²) in [5.41, 5.74) is 2.64. The van der Waals surface area contributed by atoms with E-state index in [2.05, 4.69) is 0 Å². The second-order valence-electron chi connectivity index (χ2n) is 3.81. The third kappa shape index (κ3) is 1.77. The molecule has 0 fully saturated rings. The maximum Gasteiger partial charge on any atom is 0.226 e. The predicted octanol–water partition coefficient (Wildman–Crippen LogP) is 1.80. The number of carbonyl (C=O) groups excluding carboxylic acids is 2. The zero-order valence-corrected chi connectivity index (χ0v) is 8.69. The Balaban J connectivity index is 2.50. The van der Waals surface area contributed by atoms with Gasteiger partial charge in [0.2, 0.25) is 5.91 Å². The summed E-state index contributed by atoms with van der Waals surface area (Å²) >= 11 is 0. The summed E-state index contributed by atoms with van der Waals surface area (Å²) in [5, 5.41) is 0. The first-order chi connectivity index (χ1) is 7.22. The van der Waals surface area contributed by atoms with Crippen molar-refractivity contribution in [3.8, 4) is 0 Å². The Morgan fingerprint density at radius 1 is 1.33 bits per heavy atom. The van der Waals surface area contributed by atoms with Crippen molar-refractivity contribution in [2.24, 2.45) is 0 Å². The van der Waals surface area contributed by atoms with Crippen LogP contribution in [0.2, 0.25) is 0 Å². The highest BCUT2D eigenvalue weighted by Crippen LogP contribution is 2.26. The Hall–Kier alpha value is -1.64. The summed E-state index contributed by atoms with van der Waals surface area (Å²) in [4.78, 5) is 23.9. The number of benzene rings is 1. The average Bonchev–Trinajstić information content (AvgIpc) is 2.40. The first kappa shape index (κ1) is 9.90. The van der Waals surface area contributed by atoms with E-state index in [1.807, 2.05) is 6.07 Å². The molecule has 3 nitrogen and oxygen atoms in total. The molecule has 0 saturated heterocycles. The molecule has 0 N–H and O–H groups in total. The number of aryl methyl sites for hydroxylation is 1. The first-order valence-corrected chi connectivity index (χ1v) is 5.07. The van der Waals surface area contributed by atoms with E-state index < -0.39 is 0 Å². The van der Waals surface area contributed by atoms with Gasteiger partial charge < -0.3 is 4.90 Å². The molecule has 0 atom stereocenters. The summed E-state index contributed by atoms with van der Waals surface area (Å²) in [7, 11) is 1.76. The van der Waals surface area contributed by atoms with Gasteiger partial charge in [0.1, 0.15) is 6.29 Å². The van der Waals surface area contributed by atoms with Gasteiger partial charge in [0.05, 0.1) is 0 Å². The average molecular weight is 203 g/mol. The zero-order valence-electron chi connectivity index (χ0n) is 8.69. The van der Waals surface area contributed by atoms with Gasteiger partial charge in [0.25, 0.3) is 0 Å². The van der Waals surface area contributed by atoms with Gasteiger partial charge >= 0.3 is 0 Å². The maximum atomic E-state index is 11.6. The highest BCUT2D eigenvalue weighted by Gasteiger charge is 2.18. The lowest BCUT2D eigenvalue weighted by Gasteiger charge is -2.17. The Bertz CT molecular complexity index is 412. The van der Waals surface area contributed by atoms with Crippen molar-refractivity contribution in [2.75, 3.05) is 11.9 Å². The summed E-state index contributed by atoms with van der Waals surface area (Å²) in [6.45, 7) is 0. The Kier molecular flexibility index (Phi) is 2.54. The third-order valence-electron chi connectivity index (χ3n) is 2.82. The molecule has 0 spiro atoms. The van der Waals surface area contributed by atoms with Crippen molar-refractivity contribution in [3.63, 3.8) is 0 Å². The van der Waals surface area contributed by atoms with Crippen molar-refractivity contribution in [3.05, 3.63) is 29.3 Å². The van der Waals surface area contributed by atoms with Gasteiger partial charge in [-0.2, -0.15) is 0 Å². The van der Waals surface area contributed by atoms with E-state index in [1.165, 1.54) is 0 Å². The van der Waals surface area contributed by atoms with Crippen LogP contribution in [-0.4, -0.2) is 19.2 Å². The van der Waals surface area contributed by atoms with Crippen molar-refractivity contribution in [1.82, 2.24) is 0 Å². The first-order valence-electron chi connectivity index (χ1n) is 5.07. The molecule has 0 saturated carbocycles. The number of hydrogen-bond acceptors (Lipinski definition) is 2. The normalized spacial score (nSPS) is 15.8. The van der Waals surface area contributed by atoms with E-state index in [0.717, 1.165) is 30.4 Å². The number of hydrogen-bond donors (Lipinski definition) is 0. The minimum Gasteiger partial charge on any atom is -0.315 e. The molecule has 78 valence electrons. The van der Waals surface area contributed by atoms with E-state index >= 15 is 0 Å². The molecule has 3 heteroatoms. The van der Waals surface area contributed by atoms with Crippen LogP contribution in [0.25, 0.3) is 0 Å². The van der Waals surface area contributed by atoms with Crippen LogP contribution >= 0.6 is 0 Å². The Morgan fingerprint density at radius 2 is 2.13 bits per heavy atom. The second kappa shape index (κ2) is 3.85. The lowest BCUT2D eigenvalue weighted by atomic mass is 10.1. The van der Waals surface area contributed by atoms with E-state index in [4.69, 9.17) is 0 Å². The highest BCUT2D eigenvalue weighted by molar-refractivity contribution is 5.95. The molecule has 1 heterocycles. The number of nitrogens with zero attached hydrogens (tertiary/aromatic N) is 1. The molecule has 1 aliphatic heterocycles. The van der Waals surface area contributed by atoms with E-state index in [9.17, 15) is 9.59 Å². The molecule has 2 rings (SSSR count). The fraction of sp³-hybridized carbons (Fsp3) is 0.333. The van der Waals surface area contributed by atoms with Crippen molar-refractivity contribution in [2.45, 2.75) is 19.3 Å². The van der Waals surface area contributed by atoms with E-state index in [1.54, 1.807) is 24.1 Å². The van der Waals surface area contributed by atoms with Crippen LogP contribution in [0.1, 0.15) is 28.8 Å². The zero-order chi connectivity index (χ0) is 10.8. The lowest BCUT2D eigenvalue weighted by Crippen LogP contribution is -2.25. The van der Waals surface area contributed by atoms with Gasteiger partial charge in [0, 0.05) is 24.7 Å². The van der Waals surface area contributed by atoms with Crippen LogP contribution in [0.5, 0.6) is 0 Å². The summed E-state index contributed by atoms with van der Waals surface area (Å²) in [6.07, 6.45) is 3.19. The molecule has 1 aromatic rings. The van der Waals surface area contributed by atoms with Gasteiger partial charge in [-0.25, -0.2) is 0 Å². The fourth-order valence-electron chi connectivity index (χ4n) is 1.91. The molecule has 0 radical (unpaired) electrons. The third-order valence-corrected chi connectivity index (χ3v) is 2.82. The molecule has 0 unspecified atom stereocenters. The van der Waals surface area contributed by atoms with Gasteiger partial charge in [-0.15, -0.1) is 0 Å². The maximum absolute atomic E-state index is 11.6. The minimum absolute atomic E-state index is 0.122. The van der Waals surface area contributed by atoms with Crippen molar-refractivity contribution < 1.29 is 9.59 Å². The van der Waals surface area contributed by atoms with Crippen LogP contribution in [0.15, 0.2) is 18.2 Å². The smallest absolute Gasteiger partial charge is 0.226 e. The van der Waals surface area contributed by atoms with Gasteiger partial charge in [0.15, 0.2) is 0 Å². The summed E-state index contributed by atoms with van der Waals surface area (Å²) in [5.74, 6) is 0.122. The van der Waals surface area contributed by atoms with Crippen LogP contribution in [-0.2, 0) is 11.2 Å². The van der Waals surface area contributed by atoms with E-state index in [0.29, 0.717) is 12.0 Å². The predicted molar refractivity (Wildman–Crippen MR) is 58.2 cm³/mol. The molecule has 1 amide bonds. The van der Waals surface area contributed by atoms with Crippen molar-refractivity contribution in [1.29, 1.82) is 0 Å². The van der Waals surface area contributed by atoms with Crippen LogP contribution in [0.4, 0.5) is 5.69 Å². The number of aldehydes is 1. The molecule has 0 bridgehead atoms. The SMILES string of the molecule is CN1C(=O)CCCc2ccc(C=O)cc21. The largest absolute Gasteiger partial charge is 0.315 e. The van der Waals surface area contributed by atoms with Crippen LogP contribution in [0, 0.1) is 0 Å². The van der Waals surface area contributed by atoms with Crippen molar-refractivity contribution >= 4 is 17.9 Å². The topological polar surface area (TPSA) is 37.4 Å². The highest BCUT2D eigenvalue weighted by atomic mass is 16.2. The standard InChI is InChI=1S/C12H13NO2/c1-13-11-7-9(8-14)5-6-10(11)3-2-4-12(13)15/h5-8H,2-4H2,1H3. The number of fused-ring (bicyclic) bond motifs is 1. The Morgan fingerprint density at radius 3 is 2.87 bits per heavy atom. The minimum atomic E-state index is 0.122. The number of amides is 1. The number of rotatable bonds is 1.